The third kappa shape index (κ3) is 4.56. The van der Waals surface area contributed by atoms with E-state index in [1.165, 1.54) is 6.26 Å². The molecule has 2 heterocycles. The fourth-order valence-electron chi connectivity index (χ4n) is 1.78. The number of urea groups is 1. The molecule has 0 spiro atoms. The van der Waals surface area contributed by atoms with Gasteiger partial charge in [0.25, 0.3) is 0 Å². The van der Waals surface area contributed by atoms with Crippen molar-refractivity contribution in [3.8, 4) is 0 Å². The van der Waals surface area contributed by atoms with Gasteiger partial charge in [0, 0.05) is 5.41 Å². The molecule has 2 aromatic heterocycles. The molecule has 8 nitrogen and oxygen atoms in total. The van der Waals surface area contributed by atoms with E-state index in [1.807, 2.05) is 20.8 Å². The number of aromatic nitrogens is 2. The Morgan fingerprint density at radius 1 is 1.30 bits per heavy atom. The molecule has 1 atom stereocenters. The Labute approximate surface area is 134 Å². The molecule has 1 unspecified atom stereocenters. The zero-order valence-corrected chi connectivity index (χ0v) is 13.7. The molecule has 0 fully saturated rings. The molecular weight excluding hydrogens is 300 g/mol. The van der Waals surface area contributed by atoms with Gasteiger partial charge in [-0.15, -0.1) is 0 Å². The van der Waals surface area contributed by atoms with E-state index in [1.54, 1.807) is 19.1 Å². The van der Waals surface area contributed by atoms with E-state index in [0.29, 0.717) is 17.5 Å². The quantitative estimate of drug-likeness (QED) is 0.771. The molecule has 0 aliphatic rings. The van der Waals surface area contributed by atoms with Crippen LogP contribution in [0.1, 0.15) is 45.2 Å². The predicted octanol–water partition coefficient (Wildman–Crippen LogP) is 1.67. The van der Waals surface area contributed by atoms with Gasteiger partial charge in [0.15, 0.2) is 5.82 Å². The number of aliphatic hydroxyl groups is 1. The van der Waals surface area contributed by atoms with Crippen LogP contribution in [-0.2, 0) is 17.6 Å². The zero-order chi connectivity index (χ0) is 17.1. The molecule has 3 N–H and O–H groups in total. The zero-order valence-electron chi connectivity index (χ0n) is 13.7. The highest BCUT2D eigenvalue weighted by Gasteiger charge is 2.27. The molecule has 2 amide bonds. The fourth-order valence-corrected chi connectivity index (χ4v) is 1.78. The lowest BCUT2D eigenvalue weighted by atomic mass is 9.97. The van der Waals surface area contributed by atoms with E-state index >= 15 is 0 Å². The lowest BCUT2D eigenvalue weighted by molar-refractivity contribution is 0.0367. The lowest BCUT2D eigenvalue weighted by Gasteiger charge is -2.21. The number of carbonyl (C=O) groups excluding carboxylic acids is 1. The summed E-state index contributed by atoms with van der Waals surface area (Å²) in [4.78, 5) is 16.0. The van der Waals surface area contributed by atoms with Gasteiger partial charge in [-0.1, -0.05) is 25.9 Å². The van der Waals surface area contributed by atoms with Crippen molar-refractivity contribution >= 4 is 6.03 Å². The van der Waals surface area contributed by atoms with Crippen LogP contribution in [0, 0.1) is 0 Å². The van der Waals surface area contributed by atoms with E-state index in [2.05, 4.69) is 20.8 Å². The van der Waals surface area contributed by atoms with Gasteiger partial charge in [-0.2, -0.15) is 4.98 Å². The Morgan fingerprint density at radius 3 is 2.61 bits per heavy atom. The Kier molecular flexibility index (Phi) is 4.74. The van der Waals surface area contributed by atoms with Gasteiger partial charge < -0.3 is 24.7 Å². The topological polar surface area (TPSA) is 113 Å². The summed E-state index contributed by atoms with van der Waals surface area (Å²) in [6, 6.07) is 2.87. The third-order valence-electron chi connectivity index (χ3n) is 3.16. The molecule has 0 aromatic carbocycles. The number of hydrogen-bond donors (Lipinski definition) is 3. The van der Waals surface area contributed by atoms with Crippen molar-refractivity contribution in [2.45, 2.75) is 45.3 Å². The van der Waals surface area contributed by atoms with Gasteiger partial charge >= 0.3 is 6.03 Å². The Bertz CT molecular complexity index is 641. The highest BCUT2D eigenvalue weighted by Crippen LogP contribution is 2.20. The second-order valence-corrected chi connectivity index (χ2v) is 6.55. The molecule has 23 heavy (non-hydrogen) atoms. The minimum Gasteiger partial charge on any atom is -0.466 e. The van der Waals surface area contributed by atoms with Crippen LogP contribution in [0.2, 0.25) is 0 Å². The lowest BCUT2D eigenvalue weighted by Crippen LogP contribution is -2.43. The largest absolute Gasteiger partial charge is 0.466 e. The molecule has 0 saturated heterocycles. The van der Waals surface area contributed by atoms with Crippen molar-refractivity contribution in [3.63, 3.8) is 0 Å². The Balaban J connectivity index is 1.80. The standard InChI is InChI=1S/C15H22N4O4/c1-14(2,3)12-18-11(19-23-12)8-16-13(20)17-9-15(4,21)10-6-5-7-22-10/h5-7,21H,8-9H2,1-4H3,(H2,16,17,20). The average molecular weight is 322 g/mol. The smallest absolute Gasteiger partial charge is 0.315 e. The first kappa shape index (κ1) is 17.0. The summed E-state index contributed by atoms with van der Waals surface area (Å²) in [6.45, 7) is 7.57. The molecular formula is C15H22N4O4. The summed E-state index contributed by atoms with van der Waals surface area (Å²) in [7, 11) is 0. The van der Waals surface area contributed by atoms with E-state index in [4.69, 9.17) is 8.94 Å². The summed E-state index contributed by atoms with van der Waals surface area (Å²) in [5, 5.41) is 19.2. The van der Waals surface area contributed by atoms with Crippen LogP contribution in [0.5, 0.6) is 0 Å². The van der Waals surface area contributed by atoms with E-state index in [9.17, 15) is 9.90 Å². The van der Waals surface area contributed by atoms with Gasteiger partial charge in [-0.05, 0) is 19.1 Å². The third-order valence-corrected chi connectivity index (χ3v) is 3.16. The number of nitrogens with one attached hydrogen (secondary N) is 2. The monoisotopic (exact) mass is 322 g/mol. The second-order valence-electron chi connectivity index (χ2n) is 6.55. The van der Waals surface area contributed by atoms with Gasteiger partial charge in [0.05, 0.1) is 19.4 Å². The van der Waals surface area contributed by atoms with Gasteiger partial charge in [0.1, 0.15) is 11.4 Å². The number of amides is 2. The normalized spacial score (nSPS) is 14.3. The van der Waals surface area contributed by atoms with Crippen molar-refractivity contribution in [1.29, 1.82) is 0 Å². The minimum atomic E-state index is -1.29. The first-order valence-corrected chi connectivity index (χ1v) is 7.29. The molecule has 2 rings (SSSR count). The van der Waals surface area contributed by atoms with E-state index < -0.39 is 11.6 Å². The molecule has 0 bridgehead atoms. The van der Waals surface area contributed by atoms with Crippen molar-refractivity contribution in [1.82, 2.24) is 20.8 Å². The predicted molar refractivity (Wildman–Crippen MR) is 81.5 cm³/mol. The highest BCUT2D eigenvalue weighted by atomic mass is 16.5. The van der Waals surface area contributed by atoms with Crippen LogP contribution in [0.4, 0.5) is 4.79 Å². The highest BCUT2D eigenvalue weighted by molar-refractivity contribution is 5.73. The molecule has 126 valence electrons. The van der Waals surface area contributed by atoms with E-state index in [-0.39, 0.29) is 18.5 Å². The molecule has 0 aliphatic heterocycles. The SMILES string of the molecule is CC(C)(C)c1nc(CNC(=O)NCC(C)(O)c2ccco2)no1. The Morgan fingerprint density at radius 2 is 2.04 bits per heavy atom. The average Bonchev–Trinajstić information content (AvgIpc) is 3.13. The molecule has 8 heteroatoms. The van der Waals surface area contributed by atoms with Crippen LogP contribution in [0.3, 0.4) is 0 Å². The van der Waals surface area contributed by atoms with Crippen molar-refractivity contribution < 1.29 is 18.8 Å². The molecule has 0 radical (unpaired) electrons. The van der Waals surface area contributed by atoms with Crippen molar-refractivity contribution in [2.24, 2.45) is 0 Å². The van der Waals surface area contributed by atoms with Crippen LogP contribution in [0.25, 0.3) is 0 Å². The molecule has 0 aliphatic carbocycles. The fraction of sp³-hybridized carbons (Fsp3) is 0.533. The molecule has 2 aromatic rings. The number of hydrogen-bond acceptors (Lipinski definition) is 6. The second kappa shape index (κ2) is 6.41. The summed E-state index contributed by atoms with van der Waals surface area (Å²) in [5.74, 6) is 1.28. The summed E-state index contributed by atoms with van der Waals surface area (Å²) >= 11 is 0. The van der Waals surface area contributed by atoms with Gasteiger partial charge in [0.2, 0.25) is 5.89 Å². The summed E-state index contributed by atoms with van der Waals surface area (Å²) in [6.07, 6.45) is 1.47. The minimum absolute atomic E-state index is 0.00579. The maximum absolute atomic E-state index is 11.8. The van der Waals surface area contributed by atoms with E-state index in [0.717, 1.165) is 0 Å². The van der Waals surface area contributed by atoms with Crippen molar-refractivity contribution in [3.05, 3.63) is 35.9 Å². The number of carbonyl (C=O) groups is 1. The number of furan rings is 1. The first-order valence-electron chi connectivity index (χ1n) is 7.29. The summed E-state index contributed by atoms with van der Waals surface area (Å²) < 4.78 is 10.3. The number of rotatable bonds is 5. The number of nitrogens with zero attached hydrogens (tertiary/aromatic N) is 2. The maximum atomic E-state index is 11.8. The van der Waals surface area contributed by atoms with Crippen LogP contribution < -0.4 is 10.6 Å². The molecule has 0 saturated carbocycles. The summed E-state index contributed by atoms with van der Waals surface area (Å²) in [5.41, 5.74) is -1.53. The Hall–Kier alpha value is -2.35. The van der Waals surface area contributed by atoms with Crippen LogP contribution in [-0.4, -0.2) is 27.8 Å². The van der Waals surface area contributed by atoms with Gasteiger partial charge in [-0.3, -0.25) is 0 Å². The van der Waals surface area contributed by atoms with Crippen LogP contribution in [0.15, 0.2) is 27.3 Å². The maximum Gasteiger partial charge on any atom is 0.315 e. The van der Waals surface area contributed by atoms with Crippen molar-refractivity contribution in [2.75, 3.05) is 6.54 Å². The van der Waals surface area contributed by atoms with Crippen LogP contribution >= 0.6 is 0 Å². The first-order chi connectivity index (χ1) is 10.7. The van der Waals surface area contributed by atoms with Gasteiger partial charge in [-0.25, -0.2) is 4.79 Å².